The largest absolute Gasteiger partial charge is 0.467 e. The Labute approximate surface area is 158 Å². The summed E-state index contributed by atoms with van der Waals surface area (Å²) in [7, 11) is 3.21. The fourth-order valence-electron chi connectivity index (χ4n) is 2.62. The summed E-state index contributed by atoms with van der Waals surface area (Å²) in [4.78, 5) is 1.20. The molecule has 0 amide bonds. The molecule has 5 heteroatoms. The molecule has 4 nitrogen and oxygen atoms in total. The molecule has 0 atom stereocenters. The van der Waals surface area contributed by atoms with Gasteiger partial charge in [0.1, 0.15) is 11.5 Å². The fraction of sp³-hybridized carbons (Fsp3) is 0.238. The van der Waals surface area contributed by atoms with Crippen LogP contribution >= 0.6 is 11.8 Å². The van der Waals surface area contributed by atoms with Crippen molar-refractivity contribution in [2.45, 2.75) is 10.6 Å². The van der Waals surface area contributed by atoms with E-state index in [1.165, 1.54) is 15.7 Å². The second-order valence-electron chi connectivity index (χ2n) is 5.63. The van der Waals surface area contributed by atoms with Crippen molar-refractivity contribution in [2.75, 3.05) is 27.8 Å². The normalized spacial score (nSPS) is 10.8. The van der Waals surface area contributed by atoms with E-state index in [0.717, 1.165) is 22.8 Å². The van der Waals surface area contributed by atoms with Gasteiger partial charge in [-0.05, 0) is 35.0 Å². The van der Waals surface area contributed by atoms with Crippen molar-refractivity contribution in [3.63, 3.8) is 0 Å². The average Bonchev–Trinajstić information content (AvgIpc) is 2.69. The monoisotopic (exact) mass is 370 g/mol. The molecule has 0 heterocycles. The molecule has 0 saturated heterocycles. The van der Waals surface area contributed by atoms with Gasteiger partial charge in [0.15, 0.2) is 13.6 Å². The van der Waals surface area contributed by atoms with Gasteiger partial charge in [0, 0.05) is 30.4 Å². The van der Waals surface area contributed by atoms with E-state index in [2.05, 4.69) is 42.5 Å². The third kappa shape index (κ3) is 4.69. The molecule has 0 aliphatic rings. The lowest BCUT2D eigenvalue weighted by Crippen LogP contribution is -2.05. The molecule has 0 bridgehead atoms. The first-order valence-electron chi connectivity index (χ1n) is 8.29. The molecule has 0 fully saturated rings. The van der Waals surface area contributed by atoms with Crippen LogP contribution in [0.25, 0.3) is 10.8 Å². The van der Waals surface area contributed by atoms with Gasteiger partial charge in [0.2, 0.25) is 0 Å². The predicted molar refractivity (Wildman–Crippen MR) is 105 cm³/mol. The Morgan fingerprint density at radius 2 is 1.38 bits per heavy atom. The summed E-state index contributed by atoms with van der Waals surface area (Å²) < 4.78 is 21.5. The van der Waals surface area contributed by atoms with Crippen LogP contribution in [0.2, 0.25) is 0 Å². The molecule has 0 saturated carbocycles. The lowest BCUT2D eigenvalue weighted by Gasteiger charge is -2.15. The summed E-state index contributed by atoms with van der Waals surface area (Å²) in [5.74, 6) is 2.24. The molecule has 0 unspecified atom stereocenters. The second-order valence-corrected chi connectivity index (χ2v) is 6.68. The minimum absolute atomic E-state index is 0.196. The Balaban J connectivity index is 1.81. The van der Waals surface area contributed by atoms with Crippen LogP contribution in [0.5, 0.6) is 11.5 Å². The molecule has 0 aliphatic carbocycles. The van der Waals surface area contributed by atoms with Crippen molar-refractivity contribution in [3.05, 3.63) is 66.2 Å². The maximum absolute atomic E-state index is 5.71. The fourth-order valence-corrected chi connectivity index (χ4v) is 3.59. The smallest absolute Gasteiger partial charge is 0.188 e. The maximum atomic E-state index is 5.71. The molecule has 0 N–H and O–H groups in total. The van der Waals surface area contributed by atoms with Gasteiger partial charge >= 0.3 is 0 Å². The van der Waals surface area contributed by atoms with E-state index in [4.69, 9.17) is 18.9 Å². The van der Waals surface area contributed by atoms with E-state index >= 15 is 0 Å². The minimum atomic E-state index is 0.196. The van der Waals surface area contributed by atoms with Crippen LogP contribution in [-0.2, 0) is 15.2 Å². The average molecular weight is 370 g/mol. The molecule has 136 valence electrons. The summed E-state index contributed by atoms with van der Waals surface area (Å²) in [5, 5.41) is 2.47. The summed E-state index contributed by atoms with van der Waals surface area (Å²) in [6, 6.07) is 20.6. The highest BCUT2D eigenvalue weighted by Gasteiger charge is 2.12. The zero-order valence-corrected chi connectivity index (χ0v) is 15.8. The predicted octanol–water partition coefficient (Wildman–Crippen LogP) is 5.10. The van der Waals surface area contributed by atoms with Crippen LogP contribution in [0.3, 0.4) is 0 Å². The molecule has 0 aliphatic heterocycles. The molecule has 0 radical (unpaired) electrons. The molecule has 3 aromatic rings. The third-order valence-corrected chi connectivity index (χ3v) is 4.88. The Kier molecular flexibility index (Phi) is 6.77. The first kappa shape index (κ1) is 18.6. The third-order valence-electron chi connectivity index (χ3n) is 3.86. The van der Waals surface area contributed by atoms with Gasteiger partial charge < -0.3 is 18.9 Å². The molecule has 3 rings (SSSR count). The van der Waals surface area contributed by atoms with Crippen LogP contribution in [0.4, 0.5) is 0 Å². The Morgan fingerprint density at radius 1 is 0.731 bits per heavy atom. The maximum Gasteiger partial charge on any atom is 0.188 e. The molecular formula is C21H22O4S. The number of methoxy groups -OCH3 is 2. The lowest BCUT2D eigenvalue weighted by atomic mass is 10.1. The highest BCUT2D eigenvalue weighted by Crippen LogP contribution is 2.35. The van der Waals surface area contributed by atoms with Gasteiger partial charge in [0.25, 0.3) is 0 Å². The van der Waals surface area contributed by atoms with Crippen LogP contribution in [0, 0.1) is 0 Å². The van der Waals surface area contributed by atoms with Crippen LogP contribution < -0.4 is 9.47 Å². The Morgan fingerprint density at radius 3 is 2.04 bits per heavy atom. The molecule has 3 aromatic carbocycles. The Bertz CT molecular complexity index is 824. The summed E-state index contributed by atoms with van der Waals surface area (Å²) in [6.07, 6.45) is 0. The van der Waals surface area contributed by atoms with Crippen molar-refractivity contribution in [1.82, 2.24) is 0 Å². The van der Waals surface area contributed by atoms with Crippen LogP contribution in [0.15, 0.2) is 65.6 Å². The quantitative estimate of drug-likeness (QED) is 0.387. The van der Waals surface area contributed by atoms with E-state index in [1.54, 1.807) is 26.0 Å². The van der Waals surface area contributed by atoms with E-state index in [1.807, 2.05) is 18.2 Å². The van der Waals surface area contributed by atoms with E-state index < -0.39 is 0 Å². The number of ether oxygens (including phenoxy) is 4. The van der Waals surface area contributed by atoms with E-state index in [9.17, 15) is 0 Å². The number of thioether (sulfide) groups is 1. The van der Waals surface area contributed by atoms with Crippen molar-refractivity contribution < 1.29 is 18.9 Å². The summed E-state index contributed by atoms with van der Waals surface area (Å²) in [6.45, 7) is 0.392. The van der Waals surface area contributed by atoms with Gasteiger partial charge in [-0.25, -0.2) is 0 Å². The number of hydrogen-bond acceptors (Lipinski definition) is 5. The van der Waals surface area contributed by atoms with Crippen molar-refractivity contribution in [3.8, 4) is 11.5 Å². The second kappa shape index (κ2) is 9.48. The first-order valence-corrected chi connectivity index (χ1v) is 9.27. The number of rotatable bonds is 9. The summed E-state index contributed by atoms with van der Waals surface area (Å²) >= 11 is 1.74. The number of hydrogen-bond donors (Lipinski definition) is 0. The first-order chi connectivity index (χ1) is 12.8. The number of fused-ring (bicyclic) bond motifs is 1. The van der Waals surface area contributed by atoms with Crippen molar-refractivity contribution in [2.24, 2.45) is 0 Å². The molecule has 0 aromatic heterocycles. The zero-order valence-electron chi connectivity index (χ0n) is 14.9. The highest BCUT2D eigenvalue weighted by molar-refractivity contribution is 7.98. The summed E-state index contributed by atoms with van der Waals surface area (Å²) in [5.41, 5.74) is 0.986. The van der Waals surface area contributed by atoms with Gasteiger partial charge in [0.05, 0.1) is 0 Å². The zero-order chi connectivity index (χ0) is 18.2. The topological polar surface area (TPSA) is 36.9 Å². The number of benzene rings is 3. The molecule has 26 heavy (non-hydrogen) atoms. The van der Waals surface area contributed by atoms with Gasteiger partial charge in [-0.3, -0.25) is 0 Å². The lowest BCUT2D eigenvalue weighted by molar-refractivity contribution is 0.0450. The standard InChI is InChI=1S/C21H22O4S/c1-22-14-24-20-8-5-9-21(25-15-23-2)19(20)13-26-18-11-10-16-6-3-4-7-17(16)12-18/h3-12H,13-15H2,1-2H3. The molecular weight excluding hydrogens is 348 g/mol. The van der Waals surface area contributed by atoms with Gasteiger partial charge in [-0.15, -0.1) is 11.8 Å². The van der Waals surface area contributed by atoms with Crippen molar-refractivity contribution >= 4 is 22.5 Å². The van der Waals surface area contributed by atoms with Gasteiger partial charge in [-0.2, -0.15) is 0 Å². The molecule has 0 spiro atoms. The van der Waals surface area contributed by atoms with Crippen LogP contribution in [-0.4, -0.2) is 27.8 Å². The van der Waals surface area contributed by atoms with Gasteiger partial charge in [-0.1, -0.05) is 36.4 Å². The van der Waals surface area contributed by atoms with E-state index in [0.29, 0.717) is 0 Å². The Hall–Kier alpha value is -2.21. The van der Waals surface area contributed by atoms with E-state index in [-0.39, 0.29) is 13.6 Å². The highest BCUT2D eigenvalue weighted by atomic mass is 32.2. The SMILES string of the molecule is COCOc1cccc(OCOC)c1CSc1ccc2ccccc2c1. The minimum Gasteiger partial charge on any atom is -0.467 e. The van der Waals surface area contributed by atoms with Crippen molar-refractivity contribution in [1.29, 1.82) is 0 Å². The van der Waals surface area contributed by atoms with Crippen LogP contribution in [0.1, 0.15) is 5.56 Å².